The number of allylic oxidation sites excluding steroid dienone is 2. The van der Waals surface area contributed by atoms with E-state index < -0.39 is 0 Å². The number of nitrogens with one attached hydrogen (secondary N) is 2. The molecule has 0 radical (unpaired) electrons. The molecule has 2 N–H and O–H groups in total. The van der Waals surface area contributed by atoms with E-state index in [0.717, 1.165) is 74.6 Å². The number of nitrogens with zero attached hydrogens (tertiary/aromatic N) is 1. The lowest BCUT2D eigenvalue weighted by molar-refractivity contribution is -0.129. The highest BCUT2D eigenvalue weighted by atomic mass is 19.1. The molecule has 0 aliphatic heterocycles. The molecule has 1 heterocycles. The van der Waals surface area contributed by atoms with Crippen molar-refractivity contribution in [1.82, 2.24) is 15.2 Å². The van der Waals surface area contributed by atoms with E-state index in [1.165, 1.54) is 17.2 Å². The minimum absolute atomic E-state index is 0.154. The van der Waals surface area contributed by atoms with Crippen LogP contribution < -0.4 is 10.6 Å². The fourth-order valence-electron chi connectivity index (χ4n) is 4.60. The van der Waals surface area contributed by atoms with Gasteiger partial charge in [-0.25, -0.2) is 4.39 Å². The van der Waals surface area contributed by atoms with E-state index in [9.17, 15) is 9.18 Å². The Kier molecular flexibility index (Phi) is 10.9. The molecule has 37 heavy (non-hydrogen) atoms. The maximum atomic E-state index is 13.5. The van der Waals surface area contributed by atoms with Crippen LogP contribution in [0, 0.1) is 18.2 Å². The molecular formula is C32H44FN3O. The van der Waals surface area contributed by atoms with Crippen molar-refractivity contribution < 1.29 is 9.18 Å². The van der Waals surface area contributed by atoms with Crippen LogP contribution in [0.1, 0.15) is 69.6 Å². The van der Waals surface area contributed by atoms with Gasteiger partial charge < -0.3 is 15.2 Å². The number of unbranched alkanes of at least 4 members (excludes halogenated alkanes) is 2. The van der Waals surface area contributed by atoms with E-state index in [1.54, 1.807) is 6.07 Å². The first kappa shape index (κ1) is 28.6. The number of benzene rings is 2. The standard InChI is InChI=1S/C32H44FN3O/c1-5-6-18-32(3,4)31(37)35-20-17-26-11-13-27(14-12-26)23-34-19-9-7-8-10-21-36-24-25(2)29-22-28(33)15-16-30(29)36/h8,10-16,22,24,34H,5-7,9,17-21,23H2,1-4H3,(H,35,37)/b10-8+. The molecule has 3 rings (SSSR count). The van der Waals surface area contributed by atoms with Gasteiger partial charge in [0, 0.05) is 42.1 Å². The predicted molar refractivity (Wildman–Crippen MR) is 153 cm³/mol. The molecule has 0 unspecified atom stereocenters. The lowest BCUT2D eigenvalue weighted by atomic mass is 9.86. The smallest absolute Gasteiger partial charge is 0.225 e. The van der Waals surface area contributed by atoms with Crippen LogP contribution >= 0.6 is 0 Å². The number of aromatic nitrogens is 1. The Balaban J connectivity index is 1.29. The average Bonchev–Trinajstić information content (AvgIpc) is 3.19. The molecule has 200 valence electrons. The van der Waals surface area contributed by atoms with Crippen LogP contribution in [0.2, 0.25) is 0 Å². The lowest BCUT2D eigenvalue weighted by Gasteiger charge is -2.23. The van der Waals surface area contributed by atoms with Crippen LogP contribution in [-0.2, 0) is 24.3 Å². The number of aryl methyl sites for hydroxylation is 1. The first-order chi connectivity index (χ1) is 17.8. The second kappa shape index (κ2) is 14.1. The van der Waals surface area contributed by atoms with Crippen LogP contribution in [-0.4, -0.2) is 23.6 Å². The first-order valence-electron chi connectivity index (χ1n) is 13.8. The van der Waals surface area contributed by atoms with Gasteiger partial charge in [0.1, 0.15) is 5.82 Å². The van der Waals surface area contributed by atoms with Gasteiger partial charge in [0.2, 0.25) is 5.91 Å². The average molecular weight is 506 g/mol. The van der Waals surface area contributed by atoms with E-state index in [-0.39, 0.29) is 17.1 Å². The van der Waals surface area contributed by atoms with Gasteiger partial charge in [-0.2, -0.15) is 0 Å². The van der Waals surface area contributed by atoms with Gasteiger partial charge in [-0.05, 0) is 74.0 Å². The molecule has 0 bridgehead atoms. The molecule has 4 nitrogen and oxygen atoms in total. The van der Waals surface area contributed by atoms with E-state index in [1.807, 2.05) is 26.8 Å². The SMILES string of the molecule is CCCCC(C)(C)C(=O)NCCc1ccc(CNCCC/C=C/Cn2cc(C)c3cc(F)ccc32)cc1. The van der Waals surface area contributed by atoms with Gasteiger partial charge in [0.25, 0.3) is 0 Å². The maximum Gasteiger partial charge on any atom is 0.225 e. The molecule has 0 fully saturated rings. The van der Waals surface area contributed by atoms with Gasteiger partial charge in [-0.3, -0.25) is 4.79 Å². The topological polar surface area (TPSA) is 46.1 Å². The lowest BCUT2D eigenvalue weighted by Crippen LogP contribution is -2.37. The molecule has 0 aliphatic rings. The van der Waals surface area contributed by atoms with Crippen LogP contribution in [0.4, 0.5) is 4.39 Å². The third-order valence-corrected chi connectivity index (χ3v) is 7.06. The summed E-state index contributed by atoms with van der Waals surface area (Å²) >= 11 is 0. The van der Waals surface area contributed by atoms with Crippen LogP contribution in [0.25, 0.3) is 10.9 Å². The van der Waals surface area contributed by atoms with Crippen molar-refractivity contribution in [3.8, 4) is 0 Å². The Hall–Kier alpha value is -2.92. The molecule has 0 atom stereocenters. The predicted octanol–water partition coefficient (Wildman–Crippen LogP) is 7.09. The van der Waals surface area contributed by atoms with Crippen molar-refractivity contribution in [1.29, 1.82) is 0 Å². The summed E-state index contributed by atoms with van der Waals surface area (Å²) < 4.78 is 15.7. The van der Waals surface area contributed by atoms with Crippen LogP contribution in [0.3, 0.4) is 0 Å². The normalized spacial score (nSPS) is 12.0. The number of carbonyl (C=O) groups excluding carboxylic acids is 1. The number of hydrogen-bond donors (Lipinski definition) is 2. The molecule has 0 spiro atoms. The molecule has 5 heteroatoms. The van der Waals surface area contributed by atoms with Gasteiger partial charge in [0.15, 0.2) is 0 Å². The number of carbonyl (C=O) groups is 1. The van der Waals surface area contributed by atoms with Crippen molar-refractivity contribution in [3.63, 3.8) is 0 Å². The zero-order valence-corrected chi connectivity index (χ0v) is 23.1. The summed E-state index contributed by atoms with van der Waals surface area (Å²) in [5.41, 5.74) is 4.41. The Bertz CT molecular complexity index is 1160. The van der Waals surface area contributed by atoms with Crippen molar-refractivity contribution in [2.24, 2.45) is 5.41 Å². The van der Waals surface area contributed by atoms with E-state index in [0.29, 0.717) is 6.54 Å². The van der Waals surface area contributed by atoms with Crippen LogP contribution in [0.5, 0.6) is 0 Å². The number of halogens is 1. The summed E-state index contributed by atoms with van der Waals surface area (Å²) in [7, 11) is 0. The van der Waals surface area contributed by atoms with E-state index in [2.05, 4.69) is 64.7 Å². The largest absolute Gasteiger partial charge is 0.355 e. The van der Waals surface area contributed by atoms with Gasteiger partial charge >= 0.3 is 0 Å². The number of fused-ring (bicyclic) bond motifs is 1. The van der Waals surface area contributed by atoms with Crippen molar-refractivity contribution >= 4 is 16.8 Å². The number of hydrogen-bond acceptors (Lipinski definition) is 2. The van der Waals surface area contributed by atoms with E-state index in [4.69, 9.17) is 0 Å². The Labute approximate surface area is 222 Å². The van der Waals surface area contributed by atoms with Crippen molar-refractivity contribution in [3.05, 3.63) is 83.3 Å². The molecule has 0 saturated carbocycles. The summed E-state index contributed by atoms with van der Waals surface area (Å²) in [6, 6.07) is 13.7. The molecule has 1 aromatic heterocycles. The minimum atomic E-state index is -0.292. The fourth-order valence-corrected chi connectivity index (χ4v) is 4.60. The van der Waals surface area contributed by atoms with Gasteiger partial charge in [0.05, 0.1) is 0 Å². The molecule has 2 aromatic carbocycles. The highest BCUT2D eigenvalue weighted by molar-refractivity contribution is 5.84. The third kappa shape index (κ3) is 8.85. The summed E-state index contributed by atoms with van der Waals surface area (Å²) in [4.78, 5) is 12.4. The summed E-state index contributed by atoms with van der Waals surface area (Å²) in [5.74, 6) is -0.0309. The van der Waals surface area contributed by atoms with Crippen molar-refractivity contribution in [2.75, 3.05) is 13.1 Å². The summed E-state index contributed by atoms with van der Waals surface area (Å²) in [5, 5.41) is 7.61. The molecule has 3 aromatic rings. The van der Waals surface area contributed by atoms with E-state index >= 15 is 0 Å². The first-order valence-corrected chi connectivity index (χ1v) is 13.8. The Morgan fingerprint density at radius 3 is 2.54 bits per heavy atom. The maximum absolute atomic E-state index is 13.5. The number of rotatable bonds is 15. The van der Waals surface area contributed by atoms with Crippen molar-refractivity contribution in [2.45, 2.75) is 79.3 Å². The Morgan fingerprint density at radius 2 is 1.78 bits per heavy atom. The molecule has 0 aliphatic carbocycles. The molecule has 0 saturated heterocycles. The summed E-state index contributed by atoms with van der Waals surface area (Å²) in [6.45, 7) is 11.6. The van der Waals surface area contributed by atoms with Crippen LogP contribution in [0.15, 0.2) is 60.8 Å². The second-order valence-electron chi connectivity index (χ2n) is 10.7. The fraction of sp³-hybridized carbons (Fsp3) is 0.469. The molecule has 1 amide bonds. The molecular weight excluding hydrogens is 461 g/mol. The minimum Gasteiger partial charge on any atom is -0.355 e. The van der Waals surface area contributed by atoms with Gasteiger partial charge in [-0.15, -0.1) is 0 Å². The second-order valence-corrected chi connectivity index (χ2v) is 10.7. The quantitative estimate of drug-likeness (QED) is 0.171. The summed E-state index contributed by atoms with van der Waals surface area (Å²) in [6.07, 6.45) is 12.6. The zero-order valence-electron chi connectivity index (χ0n) is 23.1. The Morgan fingerprint density at radius 1 is 1.03 bits per heavy atom. The highest BCUT2D eigenvalue weighted by Crippen LogP contribution is 2.23. The highest BCUT2D eigenvalue weighted by Gasteiger charge is 2.26. The van der Waals surface area contributed by atoms with Gasteiger partial charge in [-0.1, -0.05) is 70.0 Å². The third-order valence-electron chi connectivity index (χ3n) is 7.06. The zero-order chi connectivity index (χ0) is 26.7. The number of amides is 1. The monoisotopic (exact) mass is 505 g/mol.